The van der Waals surface area contributed by atoms with E-state index in [2.05, 4.69) is 31.9 Å². The Morgan fingerprint density at radius 2 is 1.24 bits per heavy atom. The van der Waals surface area contributed by atoms with Crippen LogP contribution >= 0.6 is 55.4 Å². The molecule has 17 heavy (non-hydrogen) atoms. The number of alkyl halides is 10. The molecular formula is C5H2Br2F8S2. The van der Waals surface area contributed by atoms with E-state index in [0.717, 1.165) is 0 Å². The lowest BCUT2D eigenvalue weighted by Crippen LogP contribution is -2.34. The van der Waals surface area contributed by atoms with Crippen molar-refractivity contribution < 1.29 is 35.1 Å². The summed E-state index contributed by atoms with van der Waals surface area (Å²) in [6.45, 7) is 0. The van der Waals surface area contributed by atoms with Gasteiger partial charge < -0.3 is 0 Å². The Labute approximate surface area is 116 Å². The Balaban J connectivity index is 4.47. The van der Waals surface area contributed by atoms with E-state index in [1.54, 1.807) is 0 Å². The lowest BCUT2D eigenvalue weighted by Gasteiger charge is -2.24. The second kappa shape index (κ2) is 5.61. The fourth-order valence-electron chi connectivity index (χ4n) is 0.455. The highest BCUT2D eigenvalue weighted by molar-refractivity contribution is 9.28. The highest BCUT2D eigenvalue weighted by Crippen LogP contribution is 2.53. The van der Waals surface area contributed by atoms with Gasteiger partial charge in [-0.1, -0.05) is 43.6 Å². The third-order valence-corrected chi connectivity index (χ3v) is 5.32. The molecule has 0 atom stereocenters. The summed E-state index contributed by atoms with van der Waals surface area (Å²) in [5.74, 6) is -1.15. The third-order valence-electron chi connectivity index (χ3n) is 1.02. The summed E-state index contributed by atoms with van der Waals surface area (Å²) in [5, 5.41) is -5.11. The minimum Gasteiger partial charge on any atom is -0.184 e. The number of halogens is 10. The molecule has 0 aromatic heterocycles. The predicted octanol–water partition coefficient (Wildman–Crippen LogP) is 5.57. The number of hydrogen-bond donors (Lipinski definition) is 0. The molecule has 0 spiro atoms. The van der Waals surface area contributed by atoms with Crippen molar-refractivity contribution in [2.24, 2.45) is 0 Å². The zero-order valence-electron chi connectivity index (χ0n) is 7.30. The van der Waals surface area contributed by atoms with Crippen molar-refractivity contribution in [2.75, 3.05) is 5.75 Å². The van der Waals surface area contributed by atoms with E-state index in [9.17, 15) is 35.1 Å². The summed E-state index contributed by atoms with van der Waals surface area (Å²) in [4.78, 5) is 0. The normalized spacial score (nSPS) is 15.2. The molecule has 0 saturated carbocycles. The zero-order chi connectivity index (χ0) is 14.1. The van der Waals surface area contributed by atoms with Crippen molar-refractivity contribution in [1.29, 1.82) is 0 Å². The van der Waals surface area contributed by atoms with Crippen molar-refractivity contribution in [1.82, 2.24) is 0 Å². The molecule has 0 fully saturated rings. The topological polar surface area (TPSA) is 0 Å². The van der Waals surface area contributed by atoms with Crippen LogP contribution in [0.5, 0.6) is 0 Å². The molecule has 0 aliphatic heterocycles. The van der Waals surface area contributed by atoms with Crippen molar-refractivity contribution >= 4 is 55.4 Å². The Morgan fingerprint density at radius 3 is 1.53 bits per heavy atom. The monoisotopic (exact) mass is 436 g/mol. The quantitative estimate of drug-likeness (QED) is 0.416. The van der Waals surface area contributed by atoms with E-state index in [-0.39, 0.29) is 0 Å². The number of hydrogen-bond acceptors (Lipinski definition) is 2. The van der Waals surface area contributed by atoms with Crippen LogP contribution in [0.1, 0.15) is 0 Å². The zero-order valence-corrected chi connectivity index (χ0v) is 12.1. The Kier molecular flexibility index (Phi) is 5.98. The fraction of sp³-hybridized carbons (Fsp3) is 1.00. The van der Waals surface area contributed by atoms with Gasteiger partial charge in [0.15, 0.2) is 0 Å². The maximum atomic E-state index is 12.4. The first-order valence-corrected chi connectivity index (χ1v) is 6.78. The predicted molar refractivity (Wildman–Crippen MR) is 57.7 cm³/mol. The van der Waals surface area contributed by atoms with Crippen LogP contribution in [-0.2, 0) is 0 Å². The summed E-state index contributed by atoms with van der Waals surface area (Å²) in [6.07, 6.45) is -5.81. The average Bonchev–Trinajstić information content (AvgIpc) is 1.94. The first kappa shape index (κ1) is 18.1. The van der Waals surface area contributed by atoms with Gasteiger partial charge in [0.25, 0.3) is 0 Å². The average molecular weight is 438 g/mol. The van der Waals surface area contributed by atoms with Crippen LogP contribution in [0.15, 0.2) is 0 Å². The largest absolute Gasteiger partial charge is 0.464 e. The van der Waals surface area contributed by atoms with Crippen LogP contribution in [0.25, 0.3) is 0 Å². The minimum absolute atomic E-state index is 0.778. The van der Waals surface area contributed by atoms with Gasteiger partial charge in [-0.2, -0.15) is 35.1 Å². The smallest absolute Gasteiger partial charge is 0.184 e. The summed E-state index contributed by atoms with van der Waals surface area (Å²) in [6, 6.07) is 0. The SMILES string of the molecule is FC(F)(F)SC(Br)(Br)CSC(F)(F)C(F)(F)F. The molecular weight excluding hydrogens is 436 g/mol. The first-order valence-electron chi connectivity index (χ1n) is 3.39. The van der Waals surface area contributed by atoms with Gasteiger partial charge in [-0.25, -0.2) is 0 Å². The molecule has 0 aliphatic rings. The molecule has 0 radical (unpaired) electrons. The summed E-state index contributed by atoms with van der Waals surface area (Å²) >= 11 is 3.03. The fourth-order valence-corrected chi connectivity index (χ4v) is 3.51. The molecule has 0 unspecified atom stereocenters. The molecule has 0 nitrogen and oxygen atoms in total. The molecule has 0 bridgehead atoms. The van der Waals surface area contributed by atoms with Crippen LogP contribution in [0.2, 0.25) is 0 Å². The lowest BCUT2D eigenvalue weighted by atomic mass is 10.7. The Morgan fingerprint density at radius 1 is 0.824 bits per heavy atom. The molecule has 0 aromatic rings. The van der Waals surface area contributed by atoms with E-state index in [4.69, 9.17) is 0 Å². The number of rotatable bonds is 4. The van der Waals surface area contributed by atoms with Crippen molar-refractivity contribution in [3.05, 3.63) is 0 Å². The molecule has 0 amide bonds. The van der Waals surface area contributed by atoms with Crippen molar-refractivity contribution in [2.45, 2.75) is 19.5 Å². The van der Waals surface area contributed by atoms with E-state index in [1.807, 2.05) is 0 Å². The molecule has 0 aliphatic carbocycles. The second-order valence-electron chi connectivity index (χ2n) is 2.49. The van der Waals surface area contributed by atoms with E-state index < -0.39 is 48.8 Å². The molecule has 0 aromatic carbocycles. The third kappa shape index (κ3) is 7.31. The summed E-state index contributed by atoms with van der Waals surface area (Å²) in [7, 11) is 0. The lowest BCUT2D eigenvalue weighted by molar-refractivity contribution is -0.237. The van der Waals surface area contributed by atoms with Crippen LogP contribution in [-0.4, -0.2) is 25.3 Å². The van der Waals surface area contributed by atoms with Crippen LogP contribution in [0, 0.1) is 0 Å². The van der Waals surface area contributed by atoms with Gasteiger partial charge in [0.2, 0.25) is 0 Å². The van der Waals surface area contributed by atoms with Crippen molar-refractivity contribution in [3.63, 3.8) is 0 Å². The van der Waals surface area contributed by atoms with E-state index >= 15 is 0 Å². The van der Waals surface area contributed by atoms with Gasteiger partial charge in [-0.15, -0.1) is 0 Å². The maximum absolute atomic E-state index is 12.4. The van der Waals surface area contributed by atoms with E-state index in [0.29, 0.717) is 0 Å². The summed E-state index contributed by atoms with van der Waals surface area (Å²) < 4.78 is 93.5. The van der Waals surface area contributed by atoms with Gasteiger partial charge in [0, 0.05) is 5.75 Å². The van der Waals surface area contributed by atoms with Gasteiger partial charge in [0.1, 0.15) is 2.57 Å². The van der Waals surface area contributed by atoms with Crippen LogP contribution < -0.4 is 0 Å². The maximum Gasteiger partial charge on any atom is 0.464 e. The van der Waals surface area contributed by atoms with Crippen molar-refractivity contribution in [3.8, 4) is 0 Å². The van der Waals surface area contributed by atoms with Gasteiger partial charge in [-0.3, -0.25) is 0 Å². The van der Waals surface area contributed by atoms with Gasteiger partial charge in [0.05, 0.1) is 0 Å². The van der Waals surface area contributed by atoms with E-state index in [1.165, 1.54) is 0 Å². The molecule has 12 heteroatoms. The first-order chi connectivity index (χ1) is 7.16. The Bertz CT molecular complexity index is 260. The van der Waals surface area contributed by atoms with Crippen LogP contribution in [0.3, 0.4) is 0 Å². The van der Waals surface area contributed by atoms with Crippen LogP contribution in [0.4, 0.5) is 35.1 Å². The molecule has 104 valence electrons. The minimum atomic E-state index is -5.81. The molecule has 0 N–H and O–H groups in total. The highest BCUT2D eigenvalue weighted by atomic mass is 79.9. The second-order valence-corrected chi connectivity index (χ2v) is 9.76. The van der Waals surface area contributed by atoms with Gasteiger partial charge in [-0.05, 0) is 11.8 Å². The standard InChI is InChI=1S/C5H2Br2F8S2/c6-2(7,17-5(13,14)15)1-16-4(11,12)3(8,9)10/h1H2. The van der Waals surface area contributed by atoms with Gasteiger partial charge >= 0.3 is 16.9 Å². The highest BCUT2D eigenvalue weighted by Gasteiger charge is 2.59. The molecule has 0 saturated heterocycles. The molecule has 0 heterocycles. The number of thioether (sulfide) groups is 2. The Hall–Kier alpha value is 1.10. The summed E-state index contributed by atoms with van der Waals surface area (Å²) in [5.41, 5.74) is -4.78. The molecule has 0 rings (SSSR count).